The molecule has 0 fully saturated rings. The summed E-state index contributed by atoms with van der Waals surface area (Å²) in [4.78, 5) is 15.9. The number of aryl methyl sites for hydroxylation is 1. The molecule has 0 spiro atoms. The van der Waals surface area contributed by atoms with Crippen LogP contribution in [0.5, 0.6) is 5.75 Å². The number of hydrogen-bond acceptors (Lipinski definition) is 4. The van der Waals surface area contributed by atoms with E-state index >= 15 is 0 Å². The number of aromatic carboxylic acids is 1. The predicted molar refractivity (Wildman–Crippen MR) is 75.3 cm³/mol. The number of carbonyl (C=O) groups is 1. The number of benzene rings is 1. The third kappa shape index (κ3) is 2.33. The summed E-state index contributed by atoms with van der Waals surface area (Å²) in [5, 5.41) is 10.00. The van der Waals surface area contributed by atoms with E-state index in [1.807, 2.05) is 32.9 Å². The summed E-state index contributed by atoms with van der Waals surface area (Å²) in [5.41, 5.74) is 3.38. The summed E-state index contributed by atoms with van der Waals surface area (Å²) in [6.45, 7) is 5.72. The molecule has 1 N–H and O–H groups in total. The summed E-state index contributed by atoms with van der Waals surface area (Å²) < 4.78 is 5.27. The number of rotatable bonds is 3. The molecule has 1 aromatic heterocycles. The molecule has 1 heterocycles. The van der Waals surface area contributed by atoms with E-state index in [1.165, 1.54) is 11.3 Å². The smallest absolute Gasteiger partial charge is 0.348 e. The van der Waals surface area contributed by atoms with E-state index in [-0.39, 0.29) is 4.88 Å². The van der Waals surface area contributed by atoms with Crippen molar-refractivity contribution >= 4 is 17.3 Å². The van der Waals surface area contributed by atoms with E-state index in [1.54, 1.807) is 7.11 Å². The number of methoxy groups -OCH3 is 1. The standard InChI is InChI=1S/C14H15NO3S/c1-7-8(2)11(18-4)6-5-10(7)12-13(14(16)17)19-9(3)15-12/h5-6H,1-4H3,(H,16,17). The lowest BCUT2D eigenvalue weighted by Crippen LogP contribution is -1.98. The first-order valence-electron chi connectivity index (χ1n) is 5.81. The largest absolute Gasteiger partial charge is 0.496 e. The Bertz CT molecular complexity index is 646. The highest BCUT2D eigenvalue weighted by molar-refractivity contribution is 7.14. The van der Waals surface area contributed by atoms with Gasteiger partial charge in [-0.15, -0.1) is 11.3 Å². The SMILES string of the molecule is COc1ccc(-c2nc(C)sc2C(=O)O)c(C)c1C. The highest BCUT2D eigenvalue weighted by Gasteiger charge is 2.20. The summed E-state index contributed by atoms with van der Waals surface area (Å²) in [7, 11) is 1.62. The predicted octanol–water partition coefficient (Wildman–Crippen LogP) is 3.44. The quantitative estimate of drug-likeness (QED) is 0.933. The average molecular weight is 277 g/mol. The van der Waals surface area contributed by atoms with Crippen molar-refractivity contribution in [2.24, 2.45) is 0 Å². The van der Waals surface area contributed by atoms with E-state index in [0.717, 1.165) is 27.4 Å². The van der Waals surface area contributed by atoms with E-state index in [2.05, 4.69) is 4.98 Å². The van der Waals surface area contributed by atoms with Crippen LogP contribution in [0.25, 0.3) is 11.3 Å². The zero-order valence-electron chi connectivity index (χ0n) is 11.3. The minimum atomic E-state index is -0.937. The second-order valence-corrected chi connectivity index (χ2v) is 5.48. The van der Waals surface area contributed by atoms with Gasteiger partial charge < -0.3 is 9.84 Å². The third-order valence-corrected chi connectivity index (χ3v) is 4.10. The first-order chi connectivity index (χ1) is 8.95. The van der Waals surface area contributed by atoms with E-state index in [4.69, 9.17) is 4.74 Å². The molecule has 0 saturated carbocycles. The topological polar surface area (TPSA) is 59.4 Å². The molecule has 0 aliphatic rings. The molecule has 100 valence electrons. The molecular formula is C14H15NO3S. The molecule has 0 atom stereocenters. The van der Waals surface area contributed by atoms with Crippen molar-refractivity contribution in [2.45, 2.75) is 20.8 Å². The monoisotopic (exact) mass is 277 g/mol. The lowest BCUT2D eigenvalue weighted by Gasteiger charge is -2.11. The minimum Gasteiger partial charge on any atom is -0.496 e. The van der Waals surface area contributed by atoms with Crippen LogP contribution < -0.4 is 4.74 Å². The zero-order valence-corrected chi connectivity index (χ0v) is 12.1. The molecule has 0 aliphatic carbocycles. The Morgan fingerprint density at radius 1 is 1.26 bits per heavy atom. The molecule has 0 saturated heterocycles. The van der Waals surface area contributed by atoms with Gasteiger partial charge in [-0.3, -0.25) is 0 Å². The Morgan fingerprint density at radius 2 is 1.95 bits per heavy atom. The molecule has 2 aromatic rings. The average Bonchev–Trinajstić information content (AvgIpc) is 2.75. The van der Waals surface area contributed by atoms with Crippen LogP contribution in [-0.4, -0.2) is 23.2 Å². The fourth-order valence-corrected chi connectivity index (χ4v) is 2.80. The molecule has 4 nitrogen and oxygen atoms in total. The Kier molecular flexibility index (Phi) is 3.57. The van der Waals surface area contributed by atoms with Gasteiger partial charge in [-0.1, -0.05) is 0 Å². The maximum absolute atomic E-state index is 11.3. The number of carboxylic acid groups (broad SMARTS) is 1. The maximum Gasteiger partial charge on any atom is 0.348 e. The van der Waals surface area contributed by atoms with Crippen LogP contribution in [0.15, 0.2) is 12.1 Å². The van der Waals surface area contributed by atoms with Gasteiger partial charge in [0.1, 0.15) is 10.6 Å². The first-order valence-corrected chi connectivity index (χ1v) is 6.62. The summed E-state index contributed by atoms with van der Waals surface area (Å²) >= 11 is 1.20. The molecule has 1 aromatic carbocycles. The number of aromatic nitrogens is 1. The molecule has 0 radical (unpaired) electrons. The second-order valence-electron chi connectivity index (χ2n) is 4.28. The summed E-state index contributed by atoms with van der Waals surface area (Å²) in [6.07, 6.45) is 0. The van der Waals surface area contributed by atoms with Crippen LogP contribution in [0.3, 0.4) is 0 Å². The highest BCUT2D eigenvalue weighted by Crippen LogP contribution is 2.34. The summed E-state index contributed by atoms with van der Waals surface area (Å²) in [6, 6.07) is 3.71. The van der Waals surface area contributed by atoms with Gasteiger partial charge in [-0.2, -0.15) is 0 Å². The van der Waals surface area contributed by atoms with Gasteiger partial charge in [0, 0.05) is 5.56 Å². The number of ether oxygens (including phenoxy) is 1. The molecule has 0 unspecified atom stereocenters. The molecule has 5 heteroatoms. The molecule has 0 aliphatic heterocycles. The first kappa shape index (κ1) is 13.5. The van der Waals surface area contributed by atoms with Crippen LogP contribution in [0.1, 0.15) is 25.8 Å². The molecular weight excluding hydrogens is 262 g/mol. The van der Waals surface area contributed by atoms with Gasteiger partial charge in [0.15, 0.2) is 0 Å². The molecule has 2 rings (SSSR count). The number of carboxylic acids is 1. The maximum atomic E-state index is 11.3. The van der Waals surface area contributed by atoms with Crippen LogP contribution in [0.4, 0.5) is 0 Å². The lowest BCUT2D eigenvalue weighted by molar-refractivity contribution is 0.0702. The van der Waals surface area contributed by atoms with Gasteiger partial charge in [0.05, 0.1) is 17.8 Å². The fourth-order valence-electron chi connectivity index (χ4n) is 2.03. The molecule has 19 heavy (non-hydrogen) atoms. The van der Waals surface area contributed by atoms with Crippen molar-refractivity contribution in [3.63, 3.8) is 0 Å². The van der Waals surface area contributed by atoms with Gasteiger partial charge in [0.25, 0.3) is 0 Å². The highest BCUT2D eigenvalue weighted by atomic mass is 32.1. The van der Waals surface area contributed by atoms with Crippen molar-refractivity contribution in [3.05, 3.63) is 33.1 Å². The zero-order chi connectivity index (χ0) is 14.2. The normalized spacial score (nSPS) is 10.5. The third-order valence-electron chi connectivity index (χ3n) is 3.14. The van der Waals surface area contributed by atoms with E-state index in [9.17, 15) is 9.90 Å². The van der Waals surface area contributed by atoms with Crippen molar-refractivity contribution in [2.75, 3.05) is 7.11 Å². The summed E-state index contributed by atoms with van der Waals surface area (Å²) in [5.74, 6) is -0.140. The lowest BCUT2D eigenvalue weighted by atomic mass is 9.99. The van der Waals surface area contributed by atoms with Crippen molar-refractivity contribution < 1.29 is 14.6 Å². The van der Waals surface area contributed by atoms with Gasteiger partial charge >= 0.3 is 5.97 Å². The van der Waals surface area contributed by atoms with Crippen molar-refractivity contribution in [3.8, 4) is 17.0 Å². The van der Waals surface area contributed by atoms with Crippen LogP contribution in [-0.2, 0) is 0 Å². The second kappa shape index (κ2) is 5.01. The van der Waals surface area contributed by atoms with E-state index in [0.29, 0.717) is 5.69 Å². The fraction of sp³-hybridized carbons (Fsp3) is 0.286. The van der Waals surface area contributed by atoms with Gasteiger partial charge in [-0.05, 0) is 44.0 Å². The van der Waals surface area contributed by atoms with Crippen molar-refractivity contribution in [1.82, 2.24) is 4.98 Å². The number of thiazole rings is 1. The van der Waals surface area contributed by atoms with Gasteiger partial charge in [0.2, 0.25) is 0 Å². The Hall–Kier alpha value is -1.88. The van der Waals surface area contributed by atoms with Crippen LogP contribution in [0, 0.1) is 20.8 Å². The number of nitrogens with zero attached hydrogens (tertiary/aromatic N) is 1. The molecule has 0 bridgehead atoms. The minimum absolute atomic E-state index is 0.283. The number of hydrogen-bond donors (Lipinski definition) is 1. The van der Waals surface area contributed by atoms with E-state index < -0.39 is 5.97 Å². The van der Waals surface area contributed by atoms with Crippen LogP contribution >= 0.6 is 11.3 Å². The van der Waals surface area contributed by atoms with Gasteiger partial charge in [-0.25, -0.2) is 9.78 Å². The Labute approximate surface area is 115 Å². The Morgan fingerprint density at radius 3 is 2.53 bits per heavy atom. The molecule has 0 amide bonds. The Balaban J connectivity index is 2.66. The van der Waals surface area contributed by atoms with Crippen molar-refractivity contribution in [1.29, 1.82) is 0 Å². The van der Waals surface area contributed by atoms with Crippen LogP contribution in [0.2, 0.25) is 0 Å².